The van der Waals surface area contributed by atoms with Crippen LogP contribution in [0.2, 0.25) is 0 Å². The molecule has 66 valence electrons. The molecule has 0 amide bonds. The molecule has 1 heterocycles. The number of thiol groups is 1. The summed E-state index contributed by atoms with van der Waals surface area (Å²) in [4.78, 5) is 2.21. The van der Waals surface area contributed by atoms with Gasteiger partial charge in [0.15, 0.2) is 0 Å². The normalized spacial score (nSPS) is 11.2. The molecule has 0 bridgehead atoms. The zero-order valence-electron chi connectivity index (χ0n) is 6.73. The summed E-state index contributed by atoms with van der Waals surface area (Å²) >= 11 is 5.72. The molecule has 12 heavy (non-hydrogen) atoms. The lowest BCUT2D eigenvalue weighted by Crippen LogP contribution is -1.69. The Morgan fingerprint density at radius 3 is 2.92 bits per heavy atom. The van der Waals surface area contributed by atoms with Crippen molar-refractivity contribution in [1.29, 1.82) is 0 Å². The van der Waals surface area contributed by atoms with E-state index in [9.17, 15) is 0 Å². The second-order valence-electron chi connectivity index (χ2n) is 2.38. The van der Waals surface area contributed by atoms with Crippen molar-refractivity contribution in [2.24, 2.45) is 0 Å². The van der Waals surface area contributed by atoms with Crippen LogP contribution in [0, 0.1) is 0 Å². The quantitative estimate of drug-likeness (QED) is 0.716. The van der Waals surface area contributed by atoms with Gasteiger partial charge in [-0.1, -0.05) is 6.08 Å². The van der Waals surface area contributed by atoms with Crippen molar-refractivity contribution in [2.45, 2.75) is 13.0 Å². The number of rotatable bonds is 4. The third-order valence-electron chi connectivity index (χ3n) is 1.42. The van der Waals surface area contributed by atoms with E-state index in [1.807, 2.05) is 12.1 Å². The lowest BCUT2D eigenvalue weighted by Gasteiger charge is -1.85. The van der Waals surface area contributed by atoms with Crippen molar-refractivity contribution in [2.75, 3.05) is 5.75 Å². The summed E-state index contributed by atoms with van der Waals surface area (Å²) in [6, 6.07) is 3.97. The molecule has 0 aliphatic rings. The second kappa shape index (κ2) is 5.41. The number of hydrogen-bond donors (Lipinski definition) is 2. The zero-order valence-corrected chi connectivity index (χ0v) is 8.44. The van der Waals surface area contributed by atoms with Crippen LogP contribution in [0.5, 0.6) is 0 Å². The van der Waals surface area contributed by atoms with Gasteiger partial charge in [-0.15, -0.1) is 11.3 Å². The second-order valence-corrected chi connectivity index (χ2v) is 4.02. The molecule has 1 nitrogen and oxygen atoms in total. The molecule has 1 rings (SSSR count). The highest BCUT2D eigenvalue weighted by Gasteiger charge is 1.93. The van der Waals surface area contributed by atoms with Crippen LogP contribution in [0.3, 0.4) is 0 Å². The predicted octanol–water partition coefficient (Wildman–Crippen LogP) is 2.57. The molecule has 1 aromatic rings. The Kier molecular flexibility index (Phi) is 4.43. The van der Waals surface area contributed by atoms with Gasteiger partial charge in [0, 0.05) is 9.75 Å². The summed E-state index contributed by atoms with van der Waals surface area (Å²) in [5.74, 6) is 0.884. The Balaban J connectivity index is 2.51. The predicted molar refractivity (Wildman–Crippen MR) is 57.7 cm³/mol. The molecule has 0 aliphatic carbocycles. The van der Waals surface area contributed by atoms with Crippen molar-refractivity contribution < 1.29 is 5.11 Å². The third kappa shape index (κ3) is 3.01. The number of aliphatic hydroxyl groups excluding tert-OH is 1. The van der Waals surface area contributed by atoms with Crippen LogP contribution in [-0.2, 0) is 6.61 Å². The molecule has 0 saturated heterocycles. The number of aliphatic hydroxyl groups is 1. The fraction of sp³-hybridized carbons (Fsp3) is 0.333. The molecular formula is C9H12OS2. The van der Waals surface area contributed by atoms with E-state index in [0.717, 1.165) is 17.1 Å². The monoisotopic (exact) mass is 200 g/mol. The summed E-state index contributed by atoms with van der Waals surface area (Å²) in [6.45, 7) is 0.144. The topological polar surface area (TPSA) is 20.2 Å². The first-order chi connectivity index (χ1) is 5.86. The smallest absolute Gasteiger partial charge is 0.0774 e. The minimum absolute atomic E-state index is 0.144. The van der Waals surface area contributed by atoms with E-state index in [-0.39, 0.29) is 6.61 Å². The lowest BCUT2D eigenvalue weighted by molar-refractivity contribution is 0.285. The van der Waals surface area contributed by atoms with Gasteiger partial charge in [-0.05, 0) is 30.4 Å². The van der Waals surface area contributed by atoms with Crippen molar-refractivity contribution in [1.82, 2.24) is 0 Å². The molecule has 0 aromatic carbocycles. The maximum Gasteiger partial charge on any atom is 0.0774 e. The SMILES string of the molecule is OCc1ccc(C=CCCS)s1. The first-order valence-electron chi connectivity index (χ1n) is 3.84. The fourth-order valence-electron chi connectivity index (χ4n) is 0.843. The minimum Gasteiger partial charge on any atom is -0.391 e. The van der Waals surface area contributed by atoms with Crippen molar-refractivity contribution in [3.8, 4) is 0 Å². The molecule has 0 unspecified atom stereocenters. The van der Waals surface area contributed by atoms with Gasteiger partial charge in [0.25, 0.3) is 0 Å². The number of allylic oxidation sites excluding steroid dienone is 1. The standard InChI is InChI=1S/C9H12OS2/c10-7-9-5-4-8(12-9)3-1-2-6-11/h1,3-5,10-11H,2,6-7H2. The summed E-state index contributed by atoms with van der Waals surface area (Å²) in [6.07, 6.45) is 5.16. The molecule has 0 atom stereocenters. The van der Waals surface area contributed by atoms with Crippen molar-refractivity contribution >= 4 is 30.0 Å². The van der Waals surface area contributed by atoms with Gasteiger partial charge in [0.2, 0.25) is 0 Å². The van der Waals surface area contributed by atoms with Crippen LogP contribution in [0.4, 0.5) is 0 Å². The van der Waals surface area contributed by atoms with Crippen LogP contribution < -0.4 is 0 Å². The van der Waals surface area contributed by atoms with Gasteiger partial charge in [0.1, 0.15) is 0 Å². The average Bonchev–Trinajstić information content (AvgIpc) is 2.53. The van der Waals surface area contributed by atoms with E-state index in [2.05, 4.69) is 24.8 Å². The van der Waals surface area contributed by atoms with E-state index in [0.29, 0.717) is 0 Å². The molecule has 0 radical (unpaired) electrons. The first-order valence-corrected chi connectivity index (χ1v) is 5.28. The van der Waals surface area contributed by atoms with Gasteiger partial charge in [0.05, 0.1) is 6.61 Å². The average molecular weight is 200 g/mol. The number of hydrogen-bond acceptors (Lipinski definition) is 3. The van der Waals surface area contributed by atoms with Crippen LogP contribution in [0.25, 0.3) is 6.08 Å². The van der Waals surface area contributed by atoms with E-state index in [1.165, 1.54) is 4.88 Å². The van der Waals surface area contributed by atoms with Gasteiger partial charge < -0.3 is 5.11 Å². The van der Waals surface area contributed by atoms with Crippen molar-refractivity contribution in [3.63, 3.8) is 0 Å². The molecule has 0 spiro atoms. The molecular weight excluding hydrogens is 188 g/mol. The van der Waals surface area contributed by atoms with E-state index >= 15 is 0 Å². The first kappa shape index (κ1) is 9.84. The highest BCUT2D eigenvalue weighted by Crippen LogP contribution is 2.17. The summed E-state index contributed by atoms with van der Waals surface area (Å²) in [7, 11) is 0. The van der Waals surface area contributed by atoms with E-state index < -0.39 is 0 Å². The van der Waals surface area contributed by atoms with Crippen LogP contribution >= 0.6 is 24.0 Å². The van der Waals surface area contributed by atoms with E-state index in [4.69, 9.17) is 5.11 Å². The molecule has 0 fully saturated rings. The highest BCUT2D eigenvalue weighted by atomic mass is 32.1. The Morgan fingerprint density at radius 1 is 1.50 bits per heavy atom. The van der Waals surface area contributed by atoms with E-state index in [1.54, 1.807) is 11.3 Å². The third-order valence-corrected chi connectivity index (χ3v) is 2.71. The molecule has 3 heteroatoms. The summed E-state index contributed by atoms with van der Waals surface area (Å²) in [5, 5.41) is 8.80. The zero-order chi connectivity index (χ0) is 8.81. The molecule has 1 N–H and O–H groups in total. The largest absolute Gasteiger partial charge is 0.391 e. The van der Waals surface area contributed by atoms with Gasteiger partial charge in [-0.3, -0.25) is 0 Å². The lowest BCUT2D eigenvalue weighted by atomic mass is 10.3. The van der Waals surface area contributed by atoms with Gasteiger partial charge in [-0.25, -0.2) is 0 Å². The van der Waals surface area contributed by atoms with Gasteiger partial charge in [-0.2, -0.15) is 12.6 Å². The van der Waals surface area contributed by atoms with Crippen LogP contribution in [0.1, 0.15) is 16.2 Å². The minimum atomic E-state index is 0.144. The molecule has 0 aliphatic heterocycles. The summed E-state index contributed by atoms with van der Waals surface area (Å²) < 4.78 is 0. The summed E-state index contributed by atoms with van der Waals surface area (Å²) in [5.41, 5.74) is 0. The fourth-order valence-corrected chi connectivity index (χ4v) is 1.80. The van der Waals surface area contributed by atoms with Crippen LogP contribution in [0.15, 0.2) is 18.2 Å². The maximum absolute atomic E-state index is 8.80. The number of thiophene rings is 1. The van der Waals surface area contributed by atoms with Crippen molar-refractivity contribution in [3.05, 3.63) is 28.0 Å². The molecule has 0 saturated carbocycles. The highest BCUT2D eigenvalue weighted by molar-refractivity contribution is 7.80. The Labute approximate surface area is 82.2 Å². The van der Waals surface area contributed by atoms with Crippen LogP contribution in [-0.4, -0.2) is 10.9 Å². The molecule has 1 aromatic heterocycles. The maximum atomic E-state index is 8.80. The Bertz CT molecular complexity index is 253. The Morgan fingerprint density at radius 2 is 2.33 bits per heavy atom. The van der Waals surface area contributed by atoms with Gasteiger partial charge >= 0.3 is 0 Å². The Hall–Kier alpha value is -0.250.